The summed E-state index contributed by atoms with van der Waals surface area (Å²) in [6, 6.07) is 7.16. The van der Waals surface area contributed by atoms with E-state index in [9.17, 15) is 4.39 Å². The molecule has 0 aromatic heterocycles. The van der Waals surface area contributed by atoms with E-state index in [0.29, 0.717) is 24.1 Å². The van der Waals surface area contributed by atoms with E-state index in [4.69, 9.17) is 5.73 Å². The average Bonchev–Trinajstić information content (AvgIpc) is 3.10. The topological polar surface area (TPSA) is 41.6 Å². The molecule has 0 atom stereocenters. The Morgan fingerprint density at radius 2 is 2.19 bits per heavy atom. The Labute approximate surface area is 94.8 Å². The summed E-state index contributed by atoms with van der Waals surface area (Å²) < 4.78 is 13.3. The van der Waals surface area contributed by atoms with Gasteiger partial charge in [-0.25, -0.2) is 9.38 Å². The Balaban J connectivity index is 1.99. The van der Waals surface area contributed by atoms with Crippen LogP contribution in [0.15, 0.2) is 29.3 Å². The number of guanidine groups is 1. The average molecular weight is 221 g/mol. The van der Waals surface area contributed by atoms with E-state index in [-0.39, 0.29) is 5.82 Å². The normalized spacial score (nSPS) is 16.2. The van der Waals surface area contributed by atoms with Gasteiger partial charge < -0.3 is 10.6 Å². The predicted octanol–water partition coefficient (Wildman–Crippen LogP) is 1.73. The largest absolute Gasteiger partial charge is 0.370 e. The third kappa shape index (κ3) is 2.51. The maximum Gasteiger partial charge on any atom is 0.191 e. The molecule has 0 bridgehead atoms. The second-order valence-electron chi connectivity index (χ2n) is 4.11. The lowest BCUT2D eigenvalue weighted by Gasteiger charge is -2.16. The lowest BCUT2D eigenvalue weighted by Crippen LogP contribution is -2.35. The van der Waals surface area contributed by atoms with Gasteiger partial charge in [0.1, 0.15) is 5.82 Å². The molecule has 4 heteroatoms. The van der Waals surface area contributed by atoms with Gasteiger partial charge in [0, 0.05) is 18.7 Å². The summed E-state index contributed by atoms with van der Waals surface area (Å²) >= 11 is 0. The SMILES string of the molecule is CN(C(N)=NCc1ccccc1F)C1CC1. The highest BCUT2D eigenvalue weighted by Gasteiger charge is 2.27. The minimum Gasteiger partial charge on any atom is -0.370 e. The fourth-order valence-corrected chi connectivity index (χ4v) is 1.55. The molecular formula is C12H16FN3. The van der Waals surface area contributed by atoms with Crippen molar-refractivity contribution in [1.29, 1.82) is 0 Å². The summed E-state index contributed by atoms with van der Waals surface area (Å²) in [6.45, 7) is 0.301. The van der Waals surface area contributed by atoms with Crippen LogP contribution in [0.3, 0.4) is 0 Å². The lowest BCUT2D eigenvalue weighted by molar-refractivity contribution is 0.487. The molecule has 0 aliphatic heterocycles. The third-order valence-electron chi connectivity index (χ3n) is 2.83. The highest BCUT2D eigenvalue weighted by atomic mass is 19.1. The van der Waals surface area contributed by atoms with Crippen molar-refractivity contribution in [2.75, 3.05) is 7.05 Å². The molecule has 1 fully saturated rings. The first kappa shape index (κ1) is 10.9. The number of rotatable bonds is 3. The van der Waals surface area contributed by atoms with Crippen LogP contribution in [0.25, 0.3) is 0 Å². The van der Waals surface area contributed by atoms with Crippen LogP contribution in [0.1, 0.15) is 18.4 Å². The molecule has 3 nitrogen and oxygen atoms in total. The summed E-state index contributed by atoms with van der Waals surface area (Å²) in [5.41, 5.74) is 6.39. The summed E-state index contributed by atoms with van der Waals surface area (Å²) in [5, 5.41) is 0. The smallest absolute Gasteiger partial charge is 0.191 e. The summed E-state index contributed by atoms with van der Waals surface area (Å²) in [4.78, 5) is 6.16. The van der Waals surface area contributed by atoms with Gasteiger partial charge in [-0.2, -0.15) is 0 Å². The molecule has 16 heavy (non-hydrogen) atoms. The molecule has 1 aliphatic carbocycles. The molecule has 0 spiro atoms. The molecule has 0 heterocycles. The van der Waals surface area contributed by atoms with Crippen molar-refractivity contribution in [2.24, 2.45) is 10.7 Å². The van der Waals surface area contributed by atoms with Gasteiger partial charge in [0.15, 0.2) is 5.96 Å². The Hall–Kier alpha value is -1.58. The van der Waals surface area contributed by atoms with Crippen LogP contribution < -0.4 is 5.73 Å². The molecule has 0 saturated heterocycles. The van der Waals surface area contributed by atoms with Gasteiger partial charge >= 0.3 is 0 Å². The highest BCUT2D eigenvalue weighted by molar-refractivity contribution is 5.78. The summed E-state index contributed by atoms with van der Waals surface area (Å²) in [5.74, 6) is 0.263. The molecule has 0 unspecified atom stereocenters. The number of nitrogens with zero attached hydrogens (tertiary/aromatic N) is 2. The monoisotopic (exact) mass is 221 g/mol. The molecule has 0 radical (unpaired) electrons. The van der Waals surface area contributed by atoms with Crippen molar-refractivity contribution >= 4 is 5.96 Å². The van der Waals surface area contributed by atoms with E-state index in [1.54, 1.807) is 18.2 Å². The van der Waals surface area contributed by atoms with Gasteiger partial charge in [0.2, 0.25) is 0 Å². The Morgan fingerprint density at radius 3 is 2.81 bits per heavy atom. The van der Waals surface area contributed by atoms with Gasteiger partial charge in [-0.05, 0) is 18.9 Å². The van der Waals surface area contributed by atoms with E-state index < -0.39 is 0 Å². The van der Waals surface area contributed by atoms with Crippen molar-refractivity contribution < 1.29 is 4.39 Å². The van der Waals surface area contributed by atoms with Crippen molar-refractivity contribution in [1.82, 2.24) is 4.90 Å². The number of hydrogen-bond acceptors (Lipinski definition) is 1. The Kier molecular flexibility index (Phi) is 3.08. The molecule has 2 rings (SSSR count). The second-order valence-corrected chi connectivity index (χ2v) is 4.11. The van der Waals surface area contributed by atoms with Gasteiger partial charge in [0.05, 0.1) is 6.54 Å². The summed E-state index contributed by atoms with van der Waals surface area (Å²) in [6.07, 6.45) is 2.35. The number of aliphatic imine (C=N–C) groups is 1. The van der Waals surface area contributed by atoms with Gasteiger partial charge in [-0.1, -0.05) is 18.2 Å². The number of nitrogens with two attached hydrogens (primary N) is 1. The first-order valence-corrected chi connectivity index (χ1v) is 5.44. The van der Waals surface area contributed by atoms with Crippen LogP contribution in [0.5, 0.6) is 0 Å². The van der Waals surface area contributed by atoms with Crippen LogP contribution in [0, 0.1) is 5.82 Å². The highest BCUT2D eigenvalue weighted by Crippen LogP contribution is 2.24. The van der Waals surface area contributed by atoms with Crippen LogP contribution in [-0.4, -0.2) is 23.9 Å². The van der Waals surface area contributed by atoms with E-state index in [2.05, 4.69) is 4.99 Å². The zero-order chi connectivity index (χ0) is 11.5. The minimum atomic E-state index is -0.229. The van der Waals surface area contributed by atoms with E-state index >= 15 is 0 Å². The number of hydrogen-bond donors (Lipinski definition) is 1. The first-order chi connectivity index (χ1) is 7.68. The molecule has 1 aromatic rings. The van der Waals surface area contributed by atoms with E-state index in [1.165, 1.54) is 18.9 Å². The van der Waals surface area contributed by atoms with Crippen LogP contribution in [0.2, 0.25) is 0 Å². The Bertz CT molecular complexity index is 399. The number of halogens is 1. The molecular weight excluding hydrogens is 205 g/mol. The van der Waals surface area contributed by atoms with Crippen molar-refractivity contribution in [3.63, 3.8) is 0 Å². The van der Waals surface area contributed by atoms with Crippen LogP contribution >= 0.6 is 0 Å². The van der Waals surface area contributed by atoms with Crippen molar-refractivity contribution in [2.45, 2.75) is 25.4 Å². The van der Waals surface area contributed by atoms with Gasteiger partial charge in [-0.3, -0.25) is 0 Å². The fraction of sp³-hybridized carbons (Fsp3) is 0.417. The van der Waals surface area contributed by atoms with Crippen LogP contribution in [-0.2, 0) is 6.54 Å². The van der Waals surface area contributed by atoms with Crippen LogP contribution in [0.4, 0.5) is 4.39 Å². The number of benzene rings is 1. The quantitative estimate of drug-likeness (QED) is 0.624. The molecule has 1 saturated carbocycles. The Morgan fingerprint density at radius 1 is 1.50 bits per heavy atom. The summed E-state index contributed by atoms with van der Waals surface area (Å²) in [7, 11) is 1.93. The van der Waals surface area contributed by atoms with Gasteiger partial charge in [-0.15, -0.1) is 0 Å². The molecule has 0 amide bonds. The minimum absolute atomic E-state index is 0.229. The maximum absolute atomic E-state index is 13.3. The lowest BCUT2D eigenvalue weighted by atomic mass is 10.2. The van der Waals surface area contributed by atoms with Crippen molar-refractivity contribution in [3.8, 4) is 0 Å². The molecule has 86 valence electrons. The molecule has 1 aliphatic rings. The molecule has 1 aromatic carbocycles. The second kappa shape index (κ2) is 4.51. The van der Waals surface area contributed by atoms with Gasteiger partial charge in [0.25, 0.3) is 0 Å². The van der Waals surface area contributed by atoms with Crippen molar-refractivity contribution in [3.05, 3.63) is 35.6 Å². The molecule has 2 N–H and O–H groups in total. The fourth-order valence-electron chi connectivity index (χ4n) is 1.55. The zero-order valence-electron chi connectivity index (χ0n) is 9.36. The third-order valence-corrected chi connectivity index (χ3v) is 2.83. The predicted molar refractivity (Wildman–Crippen MR) is 62.5 cm³/mol. The first-order valence-electron chi connectivity index (χ1n) is 5.44. The zero-order valence-corrected chi connectivity index (χ0v) is 9.36. The van der Waals surface area contributed by atoms with E-state index in [1.807, 2.05) is 11.9 Å². The standard InChI is InChI=1S/C12H16FN3/c1-16(10-6-7-10)12(14)15-8-9-4-2-3-5-11(9)13/h2-5,10H,6-8H2,1H3,(H2,14,15). The maximum atomic E-state index is 13.3. The van der Waals surface area contributed by atoms with E-state index in [0.717, 1.165) is 0 Å².